The SMILES string of the molecule is CC(C)CC(=O)N1CCC(NC(=O)Nc2cc(Cl)ccc2Cl)CC1. The first kappa shape index (κ1) is 18.9. The molecule has 1 aromatic carbocycles. The number of amides is 3. The predicted octanol–water partition coefficient (Wildman–Crippen LogP) is 4.15. The highest BCUT2D eigenvalue weighted by Gasteiger charge is 2.24. The fourth-order valence-corrected chi connectivity index (χ4v) is 3.03. The Morgan fingerprint density at radius 3 is 2.54 bits per heavy atom. The molecule has 1 fully saturated rings. The van der Waals surface area contributed by atoms with Crippen molar-refractivity contribution in [1.82, 2.24) is 10.2 Å². The first-order valence-electron chi connectivity index (χ1n) is 8.15. The van der Waals surface area contributed by atoms with Crippen LogP contribution in [0.2, 0.25) is 10.0 Å². The number of urea groups is 1. The van der Waals surface area contributed by atoms with E-state index in [2.05, 4.69) is 10.6 Å². The van der Waals surface area contributed by atoms with Crippen LogP contribution in [0.3, 0.4) is 0 Å². The molecular formula is C17H23Cl2N3O2. The zero-order chi connectivity index (χ0) is 17.7. The summed E-state index contributed by atoms with van der Waals surface area (Å²) in [7, 11) is 0. The Kier molecular flexibility index (Phi) is 6.75. The number of anilines is 1. The number of nitrogens with one attached hydrogen (secondary N) is 2. The fourth-order valence-electron chi connectivity index (χ4n) is 2.69. The number of halogens is 2. The van der Waals surface area contributed by atoms with Gasteiger partial charge in [-0.3, -0.25) is 4.79 Å². The van der Waals surface area contributed by atoms with Gasteiger partial charge in [0.25, 0.3) is 0 Å². The summed E-state index contributed by atoms with van der Waals surface area (Å²) in [6.45, 7) is 5.43. The van der Waals surface area contributed by atoms with E-state index < -0.39 is 0 Å². The second-order valence-electron chi connectivity index (χ2n) is 6.48. The van der Waals surface area contributed by atoms with Gasteiger partial charge in [0, 0.05) is 30.6 Å². The van der Waals surface area contributed by atoms with Crippen LogP contribution in [0.4, 0.5) is 10.5 Å². The smallest absolute Gasteiger partial charge is 0.319 e. The van der Waals surface area contributed by atoms with E-state index in [9.17, 15) is 9.59 Å². The largest absolute Gasteiger partial charge is 0.343 e. The van der Waals surface area contributed by atoms with Crippen molar-refractivity contribution < 1.29 is 9.59 Å². The van der Waals surface area contributed by atoms with Crippen LogP contribution in [0.5, 0.6) is 0 Å². The van der Waals surface area contributed by atoms with Crippen LogP contribution in [0.15, 0.2) is 18.2 Å². The van der Waals surface area contributed by atoms with Crippen LogP contribution in [0.1, 0.15) is 33.1 Å². The van der Waals surface area contributed by atoms with Crippen molar-refractivity contribution in [3.05, 3.63) is 28.2 Å². The second-order valence-corrected chi connectivity index (χ2v) is 7.32. The Morgan fingerprint density at radius 2 is 1.92 bits per heavy atom. The quantitative estimate of drug-likeness (QED) is 0.834. The van der Waals surface area contributed by atoms with Crippen molar-refractivity contribution in [2.24, 2.45) is 5.92 Å². The number of benzene rings is 1. The number of carbonyl (C=O) groups is 2. The Bertz CT molecular complexity index is 599. The van der Waals surface area contributed by atoms with E-state index >= 15 is 0 Å². The number of hydrogen-bond donors (Lipinski definition) is 2. The van der Waals surface area contributed by atoms with Crippen LogP contribution >= 0.6 is 23.2 Å². The topological polar surface area (TPSA) is 61.4 Å². The number of piperidine rings is 1. The van der Waals surface area contributed by atoms with E-state index in [1.807, 2.05) is 18.7 Å². The molecule has 0 atom stereocenters. The van der Waals surface area contributed by atoms with Crippen LogP contribution in [0.25, 0.3) is 0 Å². The Morgan fingerprint density at radius 1 is 1.25 bits per heavy atom. The number of likely N-dealkylation sites (tertiary alicyclic amines) is 1. The van der Waals surface area contributed by atoms with Gasteiger partial charge in [0.2, 0.25) is 5.91 Å². The fraction of sp³-hybridized carbons (Fsp3) is 0.529. The van der Waals surface area contributed by atoms with Gasteiger partial charge in [-0.15, -0.1) is 0 Å². The highest BCUT2D eigenvalue weighted by atomic mass is 35.5. The minimum atomic E-state index is -0.314. The van der Waals surface area contributed by atoms with Crippen molar-refractivity contribution in [2.45, 2.75) is 39.2 Å². The zero-order valence-electron chi connectivity index (χ0n) is 13.9. The zero-order valence-corrected chi connectivity index (χ0v) is 15.5. The Balaban J connectivity index is 1.80. The van der Waals surface area contributed by atoms with Gasteiger partial charge < -0.3 is 15.5 Å². The van der Waals surface area contributed by atoms with Crippen LogP contribution in [-0.4, -0.2) is 36.0 Å². The molecule has 1 aromatic rings. The number of carbonyl (C=O) groups excluding carboxylic acids is 2. The molecule has 0 bridgehead atoms. The first-order valence-corrected chi connectivity index (χ1v) is 8.91. The second kappa shape index (κ2) is 8.58. The lowest BCUT2D eigenvalue weighted by atomic mass is 10.0. The lowest BCUT2D eigenvalue weighted by Gasteiger charge is -2.32. The summed E-state index contributed by atoms with van der Waals surface area (Å²) in [5.74, 6) is 0.556. The van der Waals surface area contributed by atoms with Crippen molar-refractivity contribution in [2.75, 3.05) is 18.4 Å². The third-order valence-electron chi connectivity index (χ3n) is 3.94. The molecule has 1 heterocycles. The molecule has 2 N–H and O–H groups in total. The molecule has 0 unspecified atom stereocenters. The monoisotopic (exact) mass is 371 g/mol. The third-order valence-corrected chi connectivity index (χ3v) is 4.51. The van der Waals surface area contributed by atoms with E-state index in [4.69, 9.17) is 23.2 Å². The van der Waals surface area contributed by atoms with E-state index in [-0.39, 0.29) is 18.0 Å². The molecule has 0 radical (unpaired) electrons. The summed E-state index contributed by atoms with van der Waals surface area (Å²) >= 11 is 11.9. The van der Waals surface area contributed by atoms with Crippen molar-refractivity contribution in [3.63, 3.8) is 0 Å². The first-order chi connectivity index (χ1) is 11.3. The summed E-state index contributed by atoms with van der Waals surface area (Å²) in [5, 5.41) is 6.58. The van der Waals surface area contributed by atoms with Gasteiger partial charge >= 0.3 is 6.03 Å². The van der Waals surface area contributed by atoms with Crippen molar-refractivity contribution >= 4 is 40.8 Å². The average molecular weight is 372 g/mol. The normalized spacial score (nSPS) is 15.5. The van der Waals surface area contributed by atoms with Gasteiger partial charge in [0.1, 0.15) is 0 Å². The lowest BCUT2D eigenvalue weighted by molar-refractivity contribution is -0.133. The Hall–Kier alpha value is -1.46. The van der Waals surface area contributed by atoms with Gasteiger partial charge in [0.15, 0.2) is 0 Å². The van der Waals surface area contributed by atoms with Crippen molar-refractivity contribution in [1.29, 1.82) is 0 Å². The minimum Gasteiger partial charge on any atom is -0.343 e. The molecule has 1 saturated heterocycles. The summed E-state index contributed by atoms with van der Waals surface area (Å²) in [6, 6.07) is 4.64. The highest BCUT2D eigenvalue weighted by Crippen LogP contribution is 2.25. The van der Waals surface area contributed by atoms with Crippen LogP contribution in [-0.2, 0) is 4.79 Å². The van der Waals surface area contributed by atoms with Gasteiger partial charge in [-0.05, 0) is 37.0 Å². The molecule has 24 heavy (non-hydrogen) atoms. The molecule has 1 aliphatic rings. The molecule has 0 saturated carbocycles. The van der Waals surface area contributed by atoms with Crippen LogP contribution < -0.4 is 10.6 Å². The summed E-state index contributed by atoms with van der Waals surface area (Å²) in [5.41, 5.74) is 0.478. The van der Waals surface area contributed by atoms with Gasteiger partial charge in [-0.25, -0.2) is 4.79 Å². The lowest BCUT2D eigenvalue weighted by Crippen LogP contribution is -2.47. The molecular weight excluding hydrogens is 349 g/mol. The molecule has 0 aromatic heterocycles. The molecule has 0 spiro atoms. The molecule has 2 rings (SSSR count). The predicted molar refractivity (Wildman–Crippen MR) is 97.7 cm³/mol. The van der Waals surface area contributed by atoms with E-state index in [1.54, 1.807) is 18.2 Å². The highest BCUT2D eigenvalue weighted by molar-refractivity contribution is 6.35. The summed E-state index contributed by atoms with van der Waals surface area (Å²) in [6.07, 6.45) is 2.08. The Labute approximate surface area is 152 Å². The van der Waals surface area contributed by atoms with Gasteiger partial charge in [-0.1, -0.05) is 37.0 Å². The average Bonchev–Trinajstić information content (AvgIpc) is 2.51. The van der Waals surface area contributed by atoms with Crippen LogP contribution in [0, 0.1) is 5.92 Å². The molecule has 1 aliphatic heterocycles. The molecule has 132 valence electrons. The van der Waals surface area contributed by atoms with Gasteiger partial charge in [0.05, 0.1) is 10.7 Å². The van der Waals surface area contributed by atoms with E-state index in [0.29, 0.717) is 41.2 Å². The van der Waals surface area contributed by atoms with E-state index in [0.717, 1.165) is 12.8 Å². The van der Waals surface area contributed by atoms with E-state index in [1.165, 1.54) is 0 Å². The molecule has 0 aliphatic carbocycles. The molecule has 5 nitrogen and oxygen atoms in total. The number of hydrogen-bond acceptors (Lipinski definition) is 2. The standard InChI is InChI=1S/C17H23Cl2N3O2/c1-11(2)9-16(23)22-7-5-13(6-8-22)20-17(24)21-15-10-12(18)3-4-14(15)19/h3-4,10-11,13H,5-9H2,1-2H3,(H2,20,21,24). The summed E-state index contributed by atoms with van der Waals surface area (Å²) < 4.78 is 0. The third kappa shape index (κ3) is 5.56. The maximum absolute atomic E-state index is 12.1. The maximum Gasteiger partial charge on any atom is 0.319 e. The maximum atomic E-state index is 12.1. The van der Waals surface area contributed by atoms with Gasteiger partial charge in [-0.2, -0.15) is 0 Å². The number of rotatable bonds is 4. The summed E-state index contributed by atoms with van der Waals surface area (Å²) in [4.78, 5) is 26.0. The molecule has 7 heteroatoms. The van der Waals surface area contributed by atoms with Crippen molar-refractivity contribution in [3.8, 4) is 0 Å². The molecule has 3 amide bonds. The number of nitrogens with zero attached hydrogens (tertiary/aromatic N) is 1. The minimum absolute atomic E-state index is 0.0473.